The molecular weight excluding hydrogens is 410 g/mol. The van der Waals surface area contributed by atoms with Crippen molar-refractivity contribution in [1.29, 1.82) is 0 Å². The van der Waals surface area contributed by atoms with E-state index in [9.17, 15) is 9.59 Å². The molecular formula is C24H22N3O5+. The van der Waals surface area contributed by atoms with Gasteiger partial charge in [-0.1, -0.05) is 22.9 Å². The number of fused-ring (bicyclic) bond motifs is 1. The fourth-order valence-corrected chi connectivity index (χ4v) is 3.24. The number of carbonyl (C=O) groups is 1. The Morgan fingerprint density at radius 1 is 0.906 bits per heavy atom. The Hall–Kier alpha value is -4.33. The summed E-state index contributed by atoms with van der Waals surface area (Å²) in [6.07, 6.45) is 0. The highest BCUT2D eigenvalue weighted by atomic mass is 16.5. The monoisotopic (exact) mass is 432 g/mol. The Kier molecular flexibility index (Phi) is 6.03. The Morgan fingerprint density at radius 2 is 1.62 bits per heavy atom. The molecule has 0 saturated heterocycles. The van der Waals surface area contributed by atoms with E-state index in [0.29, 0.717) is 39.5 Å². The van der Waals surface area contributed by atoms with Gasteiger partial charge in [0.2, 0.25) is 0 Å². The Balaban J connectivity index is 1.66. The zero-order chi connectivity index (χ0) is 22.5. The van der Waals surface area contributed by atoms with Gasteiger partial charge in [0.1, 0.15) is 28.2 Å². The molecule has 2 N–H and O–H groups in total. The number of carbonyl (C=O) groups excluding carboxylic acids is 1. The van der Waals surface area contributed by atoms with Crippen molar-refractivity contribution < 1.29 is 24.0 Å². The summed E-state index contributed by atoms with van der Waals surface area (Å²) in [5.41, 5.74) is 3.60. The second-order valence-electron chi connectivity index (χ2n) is 6.89. The van der Waals surface area contributed by atoms with Crippen LogP contribution in [0.25, 0.3) is 22.3 Å². The summed E-state index contributed by atoms with van der Waals surface area (Å²) in [6.45, 7) is -0.275. The molecule has 0 fully saturated rings. The molecule has 0 bridgehead atoms. The Morgan fingerprint density at radius 3 is 2.38 bits per heavy atom. The number of benzene rings is 3. The maximum Gasteiger partial charge on any atom is 0.369 e. The maximum absolute atomic E-state index is 13.2. The van der Waals surface area contributed by atoms with Crippen LogP contribution in [0.4, 0.5) is 0 Å². The van der Waals surface area contributed by atoms with Gasteiger partial charge in [-0.3, -0.25) is 4.79 Å². The molecule has 4 aromatic rings. The Labute approximate surface area is 184 Å². The molecule has 0 saturated carbocycles. The van der Waals surface area contributed by atoms with Gasteiger partial charge in [0, 0.05) is 0 Å². The summed E-state index contributed by atoms with van der Waals surface area (Å²) < 4.78 is 17.1. The number of para-hydroxylation sites is 1. The number of hydrogen-bond donors (Lipinski definition) is 1. The minimum Gasteiger partial charge on any atom is -0.497 e. The third-order valence-electron chi connectivity index (χ3n) is 4.85. The van der Waals surface area contributed by atoms with E-state index < -0.39 is 5.91 Å². The highest BCUT2D eigenvalue weighted by Gasteiger charge is 2.22. The third kappa shape index (κ3) is 4.39. The van der Waals surface area contributed by atoms with Gasteiger partial charge in [-0.25, -0.2) is 9.78 Å². The van der Waals surface area contributed by atoms with Gasteiger partial charge in [-0.15, -0.1) is 0 Å². The van der Waals surface area contributed by atoms with Gasteiger partial charge in [0.05, 0.1) is 19.8 Å². The molecule has 1 aromatic heterocycles. The number of hydrogen-bond acceptors (Lipinski definition) is 5. The predicted molar refractivity (Wildman–Crippen MR) is 120 cm³/mol. The van der Waals surface area contributed by atoms with Crippen LogP contribution in [0.1, 0.15) is 0 Å². The molecule has 0 aliphatic heterocycles. The van der Waals surface area contributed by atoms with Gasteiger partial charge in [-0.2, -0.15) is 5.43 Å². The minimum absolute atomic E-state index is 0.275. The molecule has 0 unspecified atom stereocenters. The fourth-order valence-electron chi connectivity index (χ4n) is 3.24. The van der Waals surface area contributed by atoms with E-state index >= 15 is 0 Å². The van der Waals surface area contributed by atoms with E-state index in [2.05, 4.69) is 10.4 Å². The number of aromatic amines is 1. The van der Waals surface area contributed by atoms with Crippen LogP contribution in [0, 0.1) is 0 Å². The fraction of sp³-hybridized carbons (Fsp3) is 0.125. The lowest BCUT2D eigenvalue weighted by molar-refractivity contribution is -0.337. The van der Waals surface area contributed by atoms with Crippen LogP contribution in [0.3, 0.4) is 0 Å². The molecule has 8 heteroatoms. The SMILES string of the molecule is COc1ccc(OCC(=O)Nn2c(-c3cccc(OC)c3)[nH+]c3ccccc3c2=O)cc1. The standard InChI is InChI=1S/C24H21N3O5/c1-30-17-10-12-18(13-11-17)32-15-22(28)26-27-23(16-6-5-7-19(14-16)31-2)25-21-9-4-3-8-20(21)24(27)29/h3-14H,15H2,1-2H3,(H,26,28)/p+1. The van der Waals surface area contributed by atoms with Gasteiger partial charge in [0.15, 0.2) is 6.61 Å². The summed E-state index contributed by atoms with van der Waals surface area (Å²) in [7, 11) is 3.14. The van der Waals surface area contributed by atoms with Gasteiger partial charge < -0.3 is 14.2 Å². The number of rotatable bonds is 7. The first-order chi connectivity index (χ1) is 15.6. The quantitative estimate of drug-likeness (QED) is 0.485. The Bertz CT molecular complexity index is 1320. The smallest absolute Gasteiger partial charge is 0.369 e. The van der Waals surface area contributed by atoms with E-state index in [-0.39, 0.29) is 12.2 Å². The van der Waals surface area contributed by atoms with Gasteiger partial charge >= 0.3 is 11.4 Å². The molecule has 3 aromatic carbocycles. The summed E-state index contributed by atoms with van der Waals surface area (Å²) in [5.74, 6) is 1.73. The molecule has 0 spiro atoms. The lowest BCUT2D eigenvalue weighted by atomic mass is 10.2. The van der Waals surface area contributed by atoms with E-state index in [1.54, 1.807) is 74.9 Å². The van der Waals surface area contributed by atoms with Crippen molar-refractivity contribution >= 4 is 16.8 Å². The lowest BCUT2D eigenvalue weighted by Crippen LogP contribution is -2.40. The van der Waals surface area contributed by atoms with E-state index in [1.165, 1.54) is 4.68 Å². The van der Waals surface area contributed by atoms with Crippen molar-refractivity contribution in [3.8, 4) is 28.6 Å². The molecule has 162 valence electrons. The highest BCUT2D eigenvalue weighted by Crippen LogP contribution is 2.21. The normalized spacial score (nSPS) is 10.6. The van der Waals surface area contributed by atoms with Crippen molar-refractivity contribution in [3.63, 3.8) is 0 Å². The number of amides is 1. The zero-order valence-corrected chi connectivity index (χ0v) is 17.6. The van der Waals surface area contributed by atoms with Crippen LogP contribution in [-0.2, 0) is 4.79 Å². The average molecular weight is 432 g/mol. The van der Waals surface area contributed by atoms with Crippen LogP contribution in [0.15, 0.2) is 77.6 Å². The van der Waals surface area contributed by atoms with Crippen molar-refractivity contribution in [2.24, 2.45) is 0 Å². The molecule has 0 radical (unpaired) electrons. The number of ether oxygens (including phenoxy) is 3. The minimum atomic E-state index is -0.490. The topological polar surface area (TPSA) is 92.9 Å². The van der Waals surface area contributed by atoms with Crippen LogP contribution < -0.4 is 30.2 Å². The number of nitrogens with one attached hydrogen (secondary N) is 2. The summed E-state index contributed by atoms with van der Waals surface area (Å²) in [5, 5.41) is 0.440. The lowest BCUT2D eigenvalue weighted by Gasteiger charge is -2.10. The molecule has 0 atom stereocenters. The third-order valence-corrected chi connectivity index (χ3v) is 4.85. The molecule has 32 heavy (non-hydrogen) atoms. The maximum atomic E-state index is 13.2. The number of methoxy groups -OCH3 is 2. The van der Waals surface area contributed by atoms with E-state index in [1.807, 2.05) is 12.1 Å². The summed E-state index contributed by atoms with van der Waals surface area (Å²) in [6, 6.07) is 21.2. The largest absolute Gasteiger partial charge is 0.497 e. The highest BCUT2D eigenvalue weighted by molar-refractivity contribution is 5.86. The van der Waals surface area contributed by atoms with Crippen LogP contribution >= 0.6 is 0 Å². The molecule has 1 amide bonds. The first-order valence-corrected chi connectivity index (χ1v) is 9.87. The van der Waals surface area contributed by atoms with Gasteiger partial charge in [-0.05, 0) is 54.6 Å². The molecule has 1 heterocycles. The molecule has 0 aliphatic rings. The number of H-pyrrole nitrogens is 1. The van der Waals surface area contributed by atoms with Crippen LogP contribution in [0.5, 0.6) is 17.2 Å². The zero-order valence-electron chi connectivity index (χ0n) is 17.6. The van der Waals surface area contributed by atoms with Crippen LogP contribution in [0.2, 0.25) is 0 Å². The first kappa shape index (κ1) is 20.9. The summed E-state index contributed by atoms with van der Waals surface area (Å²) >= 11 is 0. The van der Waals surface area contributed by atoms with Crippen molar-refractivity contribution in [3.05, 3.63) is 83.2 Å². The van der Waals surface area contributed by atoms with Crippen molar-refractivity contribution in [2.75, 3.05) is 26.3 Å². The van der Waals surface area contributed by atoms with E-state index in [0.717, 1.165) is 0 Å². The number of nitrogens with zero attached hydrogens (tertiary/aromatic N) is 1. The molecule has 0 aliphatic carbocycles. The molecule has 8 nitrogen and oxygen atoms in total. The van der Waals surface area contributed by atoms with Gasteiger partial charge in [0.25, 0.3) is 5.91 Å². The van der Waals surface area contributed by atoms with Crippen LogP contribution in [-0.4, -0.2) is 31.4 Å². The second kappa shape index (κ2) is 9.22. The predicted octanol–water partition coefficient (Wildman–Crippen LogP) is 2.65. The molecule has 4 rings (SSSR count). The second-order valence-corrected chi connectivity index (χ2v) is 6.89. The van der Waals surface area contributed by atoms with Crippen molar-refractivity contribution in [1.82, 2.24) is 4.68 Å². The average Bonchev–Trinajstić information content (AvgIpc) is 2.84. The van der Waals surface area contributed by atoms with E-state index in [4.69, 9.17) is 14.2 Å². The van der Waals surface area contributed by atoms with Crippen molar-refractivity contribution in [2.45, 2.75) is 0 Å². The first-order valence-electron chi connectivity index (χ1n) is 9.87. The summed E-state index contributed by atoms with van der Waals surface area (Å²) in [4.78, 5) is 29.1. The number of aromatic nitrogens is 2.